The molecule has 1 atom stereocenters. The fourth-order valence-corrected chi connectivity index (χ4v) is 6.20. The number of carbonyl (C=O) groups is 2. The van der Waals surface area contributed by atoms with Gasteiger partial charge < -0.3 is 15.0 Å². The molecular formula is C31H35ClFN3O5S. The molecule has 1 fully saturated rings. The third kappa shape index (κ3) is 8.01. The Morgan fingerprint density at radius 2 is 1.71 bits per heavy atom. The average molecular weight is 616 g/mol. The van der Waals surface area contributed by atoms with E-state index < -0.39 is 34.3 Å². The van der Waals surface area contributed by atoms with Crippen molar-refractivity contribution >= 4 is 39.1 Å². The number of carbonyl (C=O) groups excluding carboxylic acids is 2. The lowest BCUT2D eigenvalue weighted by Crippen LogP contribution is -2.54. The topological polar surface area (TPSA) is 96.0 Å². The van der Waals surface area contributed by atoms with Gasteiger partial charge in [-0.15, -0.1) is 0 Å². The van der Waals surface area contributed by atoms with Crippen LogP contribution in [-0.4, -0.2) is 57.1 Å². The number of halogens is 2. The Morgan fingerprint density at radius 3 is 2.36 bits per heavy atom. The second kappa shape index (κ2) is 14.0. The van der Waals surface area contributed by atoms with Gasteiger partial charge in [0.1, 0.15) is 24.2 Å². The van der Waals surface area contributed by atoms with Gasteiger partial charge in [0.25, 0.3) is 0 Å². The Hall–Kier alpha value is -3.63. The van der Waals surface area contributed by atoms with E-state index in [0.717, 1.165) is 41.8 Å². The van der Waals surface area contributed by atoms with Crippen LogP contribution in [0.1, 0.15) is 36.8 Å². The minimum atomic E-state index is -4.03. The average Bonchev–Trinajstić information content (AvgIpc) is 3.47. The highest BCUT2D eigenvalue weighted by Gasteiger charge is 2.35. The second-order valence-corrected chi connectivity index (χ2v) is 12.7. The van der Waals surface area contributed by atoms with Crippen molar-refractivity contribution in [2.75, 3.05) is 24.2 Å². The highest BCUT2D eigenvalue weighted by molar-refractivity contribution is 7.92. The van der Waals surface area contributed by atoms with Crippen molar-refractivity contribution in [3.8, 4) is 5.75 Å². The van der Waals surface area contributed by atoms with Crippen molar-refractivity contribution in [2.45, 2.75) is 50.7 Å². The fourth-order valence-electron chi connectivity index (χ4n) is 5.18. The first-order valence-corrected chi connectivity index (χ1v) is 16.0. The lowest BCUT2D eigenvalue weighted by atomic mass is 10.0. The van der Waals surface area contributed by atoms with E-state index in [2.05, 4.69) is 5.32 Å². The molecule has 11 heteroatoms. The van der Waals surface area contributed by atoms with Crippen LogP contribution in [0, 0.1) is 5.82 Å². The number of anilines is 1. The first-order chi connectivity index (χ1) is 20.1. The summed E-state index contributed by atoms with van der Waals surface area (Å²) in [6.07, 6.45) is 4.78. The molecule has 1 saturated carbocycles. The van der Waals surface area contributed by atoms with E-state index in [-0.39, 0.29) is 46.9 Å². The normalized spacial score (nSPS) is 14.3. The Balaban J connectivity index is 1.76. The molecule has 0 bridgehead atoms. The zero-order chi connectivity index (χ0) is 30.3. The van der Waals surface area contributed by atoms with Crippen molar-refractivity contribution < 1.29 is 27.1 Å². The van der Waals surface area contributed by atoms with Crippen molar-refractivity contribution in [3.63, 3.8) is 0 Å². The van der Waals surface area contributed by atoms with Gasteiger partial charge >= 0.3 is 0 Å². The van der Waals surface area contributed by atoms with Gasteiger partial charge in [-0.1, -0.05) is 73.0 Å². The summed E-state index contributed by atoms with van der Waals surface area (Å²) >= 11 is 6.19. The lowest BCUT2D eigenvalue weighted by molar-refractivity contribution is -0.140. The third-order valence-electron chi connectivity index (χ3n) is 7.36. The summed E-state index contributed by atoms with van der Waals surface area (Å²) in [6.45, 7) is -0.905. The summed E-state index contributed by atoms with van der Waals surface area (Å²) in [5.74, 6) is -1.41. The minimum Gasteiger partial charge on any atom is -0.495 e. The number of amides is 2. The maximum atomic E-state index is 14.9. The van der Waals surface area contributed by atoms with E-state index in [0.29, 0.717) is 0 Å². The van der Waals surface area contributed by atoms with Gasteiger partial charge in [0.15, 0.2) is 0 Å². The van der Waals surface area contributed by atoms with E-state index in [9.17, 15) is 22.4 Å². The molecule has 1 aliphatic carbocycles. The Bertz CT molecular complexity index is 1500. The molecular weight excluding hydrogens is 581 g/mol. The van der Waals surface area contributed by atoms with Crippen LogP contribution in [0.2, 0.25) is 5.02 Å². The number of methoxy groups -OCH3 is 1. The molecule has 0 radical (unpaired) electrons. The van der Waals surface area contributed by atoms with Gasteiger partial charge in [-0.2, -0.15) is 0 Å². The van der Waals surface area contributed by atoms with E-state index in [1.165, 1.54) is 36.3 Å². The van der Waals surface area contributed by atoms with E-state index in [1.54, 1.807) is 18.2 Å². The maximum absolute atomic E-state index is 14.9. The van der Waals surface area contributed by atoms with Crippen LogP contribution < -0.4 is 14.4 Å². The number of benzene rings is 3. The number of nitrogens with one attached hydrogen (secondary N) is 1. The van der Waals surface area contributed by atoms with Crippen molar-refractivity contribution in [3.05, 3.63) is 94.8 Å². The standard InChI is InChI=1S/C31H35ClFN3O5S/c1-41-29-17-16-24(32)19-27(29)36(42(2,39)40)21-30(37)35(20-23-12-6-9-15-26(23)33)28(18-22-10-4-3-5-11-22)31(38)34-25-13-7-8-14-25/h3-6,9-12,15-17,19,25,28H,7-8,13-14,18,20-21H2,1-2H3,(H,34,38)/t28-/m0/s1. The molecule has 42 heavy (non-hydrogen) atoms. The van der Waals surface area contributed by atoms with E-state index in [4.69, 9.17) is 16.3 Å². The molecule has 8 nitrogen and oxygen atoms in total. The Kier molecular flexibility index (Phi) is 10.5. The number of ether oxygens (including phenoxy) is 1. The maximum Gasteiger partial charge on any atom is 0.244 e. The van der Waals surface area contributed by atoms with Crippen LogP contribution in [-0.2, 0) is 32.6 Å². The summed E-state index contributed by atoms with van der Waals surface area (Å²) < 4.78 is 47.2. The monoisotopic (exact) mass is 615 g/mol. The molecule has 0 aromatic heterocycles. The van der Waals surface area contributed by atoms with Gasteiger partial charge in [0.05, 0.1) is 19.1 Å². The quantitative estimate of drug-likeness (QED) is 0.311. The second-order valence-electron chi connectivity index (χ2n) is 10.4. The largest absolute Gasteiger partial charge is 0.495 e. The molecule has 0 aliphatic heterocycles. The number of hydrogen-bond donors (Lipinski definition) is 1. The molecule has 1 N–H and O–H groups in total. The van der Waals surface area contributed by atoms with Crippen LogP contribution in [0.15, 0.2) is 72.8 Å². The van der Waals surface area contributed by atoms with Crippen LogP contribution in [0.5, 0.6) is 5.75 Å². The van der Waals surface area contributed by atoms with Gasteiger partial charge in [0.2, 0.25) is 21.8 Å². The van der Waals surface area contributed by atoms with Crippen molar-refractivity contribution in [1.82, 2.24) is 10.2 Å². The molecule has 224 valence electrons. The minimum absolute atomic E-state index is 0.0237. The summed E-state index contributed by atoms with van der Waals surface area (Å²) in [6, 6.07) is 18.6. The third-order valence-corrected chi connectivity index (χ3v) is 8.72. The predicted molar refractivity (Wildman–Crippen MR) is 161 cm³/mol. The van der Waals surface area contributed by atoms with Gasteiger partial charge in [0, 0.05) is 29.6 Å². The van der Waals surface area contributed by atoms with Crippen LogP contribution >= 0.6 is 11.6 Å². The van der Waals surface area contributed by atoms with Crippen LogP contribution in [0.4, 0.5) is 10.1 Å². The summed E-state index contributed by atoms with van der Waals surface area (Å²) in [5, 5.41) is 3.32. The first-order valence-electron chi connectivity index (χ1n) is 13.7. The summed E-state index contributed by atoms with van der Waals surface area (Å²) in [4.78, 5) is 29.3. The summed E-state index contributed by atoms with van der Waals surface area (Å²) in [5.41, 5.74) is 1.07. The molecule has 2 amide bonds. The molecule has 3 aromatic carbocycles. The molecule has 0 unspecified atom stereocenters. The zero-order valence-corrected chi connectivity index (χ0v) is 25.2. The van der Waals surface area contributed by atoms with Gasteiger partial charge in [-0.05, 0) is 42.7 Å². The summed E-state index contributed by atoms with van der Waals surface area (Å²) in [7, 11) is -2.65. The molecule has 0 spiro atoms. The SMILES string of the molecule is COc1ccc(Cl)cc1N(CC(=O)N(Cc1ccccc1F)[C@@H](Cc1ccccc1)C(=O)NC1CCCC1)S(C)(=O)=O. The Morgan fingerprint density at radius 1 is 1.05 bits per heavy atom. The Labute approximate surface area is 251 Å². The molecule has 4 rings (SSSR count). The molecule has 1 aliphatic rings. The molecule has 0 saturated heterocycles. The molecule has 3 aromatic rings. The van der Waals surface area contributed by atoms with Crippen LogP contribution in [0.25, 0.3) is 0 Å². The van der Waals surface area contributed by atoms with Gasteiger partial charge in [-0.25, -0.2) is 12.8 Å². The first kappa shape index (κ1) is 31.3. The van der Waals surface area contributed by atoms with E-state index in [1.807, 2.05) is 30.3 Å². The van der Waals surface area contributed by atoms with Crippen LogP contribution in [0.3, 0.4) is 0 Å². The highest BCUT2D eigenvalue weighted by atomic mass is 35.5. The smallest absolute Gasteiger partial charge is 0.244 e. The molecule has 0 heterocycles. The number of rotatable bonds is 12. The van der Waals surface area contributed by atoms with E-state index >= 15 is 0 Å². The number of sulfonamides is 1. The fraction of sp³-hybridized carbons (Fsp3) is 0.355. The predicted octanol–water partition coefficient (Wildman–Crippen LogP) is 4.95. The number of nitrogens with zero attached hydrogens (tertiary/aromatic N) is 2. The highest BCUT2D eigenvalue weighted by Crippen LogP contribution is 2.33. The lowest BCUT2D eigenvalue weighted by Gasteiger charge is -2.34. The number of hydrogen-bond acceptors (Lipinski definition) is 5. The van der Waals surface area contributed by atoms with Crippen molar-refractivity contribution in [1.29, 1.82) is 0 Å². The van der Waals surface area contributed by atoms with Gasteiger partial charge in [-0.3, -0.25) is 13.9 Å². The zero-order valence-electron chi connectivity index (χ0n) is 23.6. The van der Waals surface area contributed by atoms with Crippen molar-refractivity contribution in [2.24, 2.45) is 0 Å².